The van der Waals surface area contributed by atoms with E-state index in [1.165, 1.54) is 6.92 Å². The summed E-state index contributed by atoms with van der Waals surface area (Å²) in [6, 6.07) is 12.3. The van der Waals surface area contributed by atoms with Crippen LogP contribution in [-0.2, 0) is 4.79 Å². The van der Waals surface area contributed by atoms with Crippen LogP contribution in [0.25, 0.3) is 0 Å². The Hall–Kier alpha value is -3.47. The Labute approximate surface area is 151 Å². The van der Waals surface area contributed by atoms with Crippen LogP contribution in [-0.4, -0.2) is 58.0 Å². The van der Waals surface area contributed by atoms with Gasteiger partial charge in [-0.25, -0.2) is 0 Å². The zero-order chi connectivity index (χ0) is 18.5. The molecule has 1 aliphatic rings. The molecule has 0 radical (unpaired) electrons. The first-order chi connectivity index (χ1) is 12.6. The predicted octanol–water partition coefficient (Wildman–Crippen LogP) is 1.40. The number of aromatic nitrogens is 2. The summed E-state index contributed by atoms with van der Waals surface area (Å²) in [5, 5.41) is 19.9. The van der Waals surface area contributed by atoms with Gasteiger partial charge in [-0.1, -0.05) is 0 Å². The number of carbonyl (C=O) groups excluding carboxylic acids is 2. The minimum absolute atomic E-state index is 0.0233. The molecule has 1 N–H and O–H groups in total. The first kappa shape index (κ1) is 17.4. The largest absolute Gasteiger partial charge is 0.339 e. The topological polar surface area (TPSA) is 102 Å². The second kappa shape index (κ2) is 7.61. The Bertz CT molecular complexity index is 833. The number of hydrogen-bond acceptors (Lipinski definition) is 6. The Balaban J connectivity index is 1.61. The molecule has 2 heterocycles. The van der Waals surface area contributed by atoms with Crippen molar-refractivity contribution in [2.75, 3.05) is 31.5 Å². The highest BCUT2D eigenvalue weighted by molar-refractivity contribution is 5.92. The number of hydrogen-bond donors (Lipinski definition) is 1. The lowest BCUT2D eigenvalue weighted by atomic mass is 10.2. The van der Waals surface area contributed by atoms with Crippen LogP contribution >= 0.6 is 0 Å². The molecular formula is C18H18N6O2. The van der Waals surface area contributed by atoms with Crippen molar-refractivity contribution in [2.45, 2.75) is 6.92 Å². The molecule has 0 saturated carbocycles. The number of carbonyl (C=O) groups is 2. The summed E-state index contributed by atoms with van der Waals surface area (Å²) in [5.41, 5.74) is 1.62. The fraction of sp³-hybridized carbons (Fsp3) is 0.278. The third kappa shape index (κ3) is 3.95. The zero-order valence-electron chi connectivity index (χ0n) is 14.3. The summed E-state index contributed by atoms with van der Waals surface area (Å²) >= 11 is 0. The van der Waals surface area contributed by atoms with E-state index >= 15 is 0 Å². The molecule has 0 aliphatic carbocycles. The highest BCUT2D eigenvalue weighted by Crippen LogP contribution is 2.15. The van der Waals surface area contributed by atoms with E-state index in [1.54, 1.807) is 46.2 Å². The van der Waals surface area contributed by atoms with Crippen LogP contribution in [0.15, 0.2) is 36.4 Å². The molecule has 8 heteroatoms. The Morgan fingerprint density at radius 1 is 1.00 bits per heavy atom. The van der Waals surface area contributed by atoms with Crippen molar-refractivity contribution in [3.63, 3.8) is 0 Å². The van der Waals surface area contributed by atoms with E-state index in [4.69, 9.17) is 5.26 Å². The Morgan fingerprint density at radius 3 is 2.19 bits per heavy atom. The average Bonchev–Trinajstić information content (AvgIpc) is 2.69. The van der Waals surface area contributed by atoms with Gasteiger partial charge in [-0.15, -0.1) is 10.2 Å². The monoisotopic (exact) mass is 350 g/mol. The van der Waals surface area contributed by atoms with Gasteiger partial charge in [-0.2, -0.15) is 5.26 Å². The quantitative estimate of drug-likeness (QED) is 0.897. The predicted molar refractivity (Wildman–Crippen MR) is 94.6 cm³/mol. The van der Waals surface area contributed by atoms with Crippen LogP contribution in [0.1, 0.15) is 23.0 Å². The molecule has 1 aliphatic heterocycles. The maximum Gasteiger partial charge on any atom is 0.274 e. The molecule has 1 aromatic carbocycles. The molecule has 0 bridgehead atoms. The highest BCUT2D eigenvalue weighted by Gasteiger charge is 2.24. The van der Waals surface area contributed by atoms with Crippen molar-refractivity contribution in [3.05, 3.63) is 47.7 Å². The maximum atomic E-state index is 12.5. The van der Waals surface area contributed by atoms with Crippen molar-refractivity contribution < 1.29 is 9.59 Å². The van der Waals surface area contributed by atoms with E-state index in [0.717, 1.165) is 5.69 Å². The van der Waals surface area contributed by atoms with Gasteiger partial charge >= 0.3 is 0 Å². The van der Waals surface area contributed by atoms with Crippen molar-refractivity contribution in [2.24, 2.45) is 0 Å². The second-order valence-electron chi connectivity index (χ2n) is 5.92. The molecule has 132 valence electrons. The molecule has 2 amide bonds. The van der Waals surface area contributed by atoms with E-state index in [9.17, 15) is 9.59 Å². The van der Waals surface area contributed by atoms with Crippen LogP contribution < -0.4 is 5.32 Å². The summed E-state index contributed by atoms with van der Waals surface area (Å²) in [6.07, 6.45) is 0. The molecule has 0 atom stereocenters. The van der Waals surface area contributed by atoms with E-state index in [0.29, 0.717) is 37.6 Å². The van der Waals surface area contributed by atoms with Gasteiger partial charge < -0.3 is 15.1 Å². The summed E-state index contributed by atoms with van der Waals surface area (Å²) < 4.78 is 0. The molecule has 0 spiro atoms. The van der Waals surface area contributed by atoms with Gasteiger partial charge in [-0.05, 0) is 36.4 Å². The average molecular weight is 350 g/mol. The second-order valence-corrected chi connectivity index (χ2v) is 5.92. The van der Waals surface area contributed by atoms with Crippen molar-refractivity contribution in [3.8, 4) is 6.07 Å². The lowest BCUT2D eigenvalue weighted by molar-refractivity contribution is -0.130. The Morgan fingerprint density at radius 2 is 1.65 bits per heavy atom. The van der Waals surface area contributed by atoms with Crippen LogP contribution in [0.2, 0.25) is 0 Å². The van der Waals surface area contributed by atoms with E-state index in [1.807, 2.05) is 0 Å². The lowest BCUT2D eigenvalue weighted by Gasteiger charge is -2.33. The van der Waals surface area contributed by atoms with Gasteiger partial charge in [-0.3, -0.25) is 9.59 Å². The smallest absolute Gasteiger partial charge is 0.274 e. The van der Waals surface area contributed by atoms with Gasteiger partial charge in [0.15, 0.2) is 11.5 Å². The summed E-state index contributed by atoms with van der Waals surface area (Å²) in [7, 11) is 0. The number of benzene rings is 1. The molecule has 0 unspecified atom stereocenters. The number of amides is 2. The van der Waals surface area contributed by atoms with Crippen molar-refractivity contribution >= 4 is 23.3 Å². The molecule has 8 nitrogen and oxygen atoms in total. The third-order valence-electron chi connectivity index (χ3n) is 4.18. The standard InChI is InChI=1S/C18H18N6O2/c1-13(25)23-8-10-24(11-9-23)18(26)16-6-7-17(22-21-16)20-15-4-2-14(12-19)3-5-15/h2-7H,8-11H2,1H3,(H,20,22). The first-order valence-corrected chi connectivity index (χ1v) is 8.22. The number of piperazine rings is 1. The molecule has 1 saturated heterocycles. The van der Waals surface area contributed by atoms with E-state index in [-0.39, 0.29) is 17.5 Å². The summed E-state index contributed by atoms with van der Waals surface area (Å²) in [6.45, 7) is 3.58. The summed E-state index contributed by atoms with van der Waals surface area (Å²) in [5.74, 6) is 0.341. The maximum absolute atomic E-state index is 12.5. The number of rotatable bonds is 3. The van der Waals surface area contributed by atoms with E-state index < -0.39 is 0 Å². The van der Waals surface area contributed by atoms with Crippen LogP contribution in [0.3, 0.4) is 0 Å². The van der Waals surface area contributed by atoms with Crippen LogP contribution in [0.5, 0.6) is 0 Å². The molecule has 2 aromatic rings. The fourth-order valence-electron chi connectivity index (χ4n) is 2.68. The number of nitrogens with one attached hydrogen (secondary N) is 1. The number of nitriles is 1. The molecule has 3 rings (SSSR count). The van der Waals surface area contributed by atoms with Gasteiger partial charge in [0.2, 0.25) is 5.91 Å². The normalized spacial score (nSPS) is 13.8. The third-order valence-corrected chi connectivity index (χ3v) is 4.18. The van der Waals surface area contributed by atoms with Gasteiger partial charge in [0.05, 0.1) is 11.6 Å². The minimum atomic E-state index is -0.189. The molecule has 1 aromatic heterocycles. The SMILES string of the molecule is CC(=O)N1CCN(C(=O)c2ccc(Nc3ccc(C#N)cc3)nn2)CC1. The van der Waals surface area contributed by atoms with Crippen molar-refractivity contribution in [1.82, 2.24) is 20.0 Å². The van der Waals surface area contributed by atoms with Gasteiger partial charge in [0, 0.05) is 38.8 Å². The van der Waals surface area contributed by atoms with Crippen molar-refractivity contribution in [1.29, 1.82) is 5.26 Å². The zero-order valence-corrected chi connectivity index (χ0v) is 14.3. The molecule has 1 fully saturated rings. The van der Waals surface area contributed by atoms with E-state index in [2.05, 4.69) is 21.6 Å². The first-order valence-electron chi connectivity index (χ1n) is 8.22. The number of anilines is 2. The fourth-order valence-corrected chi connectivity index (χ4v) is 2.68. The van der Waals surface area contributed by atoms with Crippen LogP contribution in [0.4, 0.5) is 11.5 Å². The molecule has 26 heavy (non-hydrogen) atoms. The lowest BCUT2D eigenvalue weighted by Crippen LogP contribution is -2.50. The minimum Gasteiger partial charge on any atom is -0.339 e. The Kier molecular flexibility index (Phi) is 5.08. The highest BCUT2D eigenvalue weighted by atomic mass is 16.2. The van der Waals surface area contributed by atoms with Gasteiger partial charge in [0.1, 0.15) is 0 Å². The molecular weight excluding hydrogens is 332 g/mol. The summed E-state index contributed by atoms with van der Waals surface area (Å²) in [4.78, 5) is 27.2. The van der Waals surface area contributed by atoms with Crippen LogP contribution in [0, 0.1) is 11.3 Å². The van der Waals surface area contributed by atoms with Gasteiger partial charge in [0.25, 0.3) is 5.91 Å². The number of nitrogens with zero attached hydrogens (tertiary/aromatic N) is 5.